The van der Waals surface area contributed by atoms with Gasteiger partial charge in [0.15, 0.2) is 0 Å². The number of aromatic nitrogens is 2. The molecule has 1 aromatic carbocycles. The molecule has 1 atom stereocenters. The van der Waals surface area contributed by atoms with Crippen LogP contribution < -0.4 is 0 Å². The van der Waals surface area contributed by atoms with Gasteiger partial charge in [-0.15, -0.1) is 0 Å². The summed E-state index contributed by atoms with van der Waals surface area (Å²) in [5.74, 6) is -1.10. The van der Waals surface area contributed by atoms with Crippen molar-refractivity contribution in [2.24, 2.45) is 0 Å². The Morgan fingerprint density at radius 3 is 2.83 bits per heavy atom. The Morgan fingerprint density at radius 1 is 1.35 bits per heavy atom. The molecule has 1 unspecified atom stereocenters. The molecule has 3 rings (SSSR count). The summed E-state index contributed by atoms with van der Waals surface area (Å²) in [6.07, 6.45) is 4.51. The SMILES string of the molecule is O=C(O)c1cnn(CC(=O)N2CCCC2c2ccccc2Br)c1. The molecule has 2 heterocycles. The van der Waals surface area contributed by atoms with Gasteiger partial charge >= 0.3 is 5.97 Å². The topological polar surface area (TPSA) is 75.4 Å². The lowest BCUT2D eigenvalue weighted by atomic mass is 10.0. The second-order valence-electron chi connectivity index (χ2n) is 5.50. The van der Waals surface area contributed by atoms with Crippen LogP contribution in [-0.4, -0.2) is 38.2 Å². The molecule has 23 heavy (non-hydrogen) atoms. The molecule has 1 N–H and O–H groups in total. The minimum atomic E-state index is -1.05. The van der Waals surface area contributed by atoms with Crippen LogP contribution in [0.1, 0.15) is 34.8 Å². The largest absolute Gasteiger partial charge is 0.478 e. The maximum absolute atomic E-state index is 12.6. The average molecular weight is 378 g/mol. The van der Waals surface area contributed by atoms with E-state index in [1.807, 2.05) is 29.2 Å². The summed E-state index contributed by atoms with van der Waals surface area (Å²) in [7, 11) is 0. The fraction of sp³-hybridized carbons (Fsp3) is 0.312. The summed E-state index contributed by atoms with van der Waals surface area (Å²) in [6.45, 7) is 0.756. The van der Waals surface area contributed by atoms with Crippen molar-refractivity contribution in [1.29, 1.82) is 0 Å². The molecule has 0 radical (unpaired) electrons. The number of hydrogen-bond donors (Lipinski definition) is 1. The van der Waals surface area contributed by atoms with E-state index in [-0.39, 0.29) is 24.1 Å². The fourth-order valence-electron chi connectivity index (χ4n) is 2.92. The molecule has 0 bridgehead atoms. The first-order valence-electron chi connectivity index (χ1n) is 7.36. The van der Waals surface area contributed by atoms with Gasteiger partial charge in [0.05, 0.1) is 17.8 Å². The van der Waals surface area contributed by atoms with Gasteiger partial charge in [-0.25, -0.2) is 4.79 Å². The molecule has 0 spiro atoms. The second kappa shape index (κ2) is 6.54. The predicted molar refractivity (Wildman–Crippen MR) is 87.0 cm³/mol. The third kappa shape index (κ3) is 3.29. The van der Waals surface area contributed by atoms with E-state index in [9.17, 15) is 9.59 Å². The molecule has 1 aliphatic heterocycles. The fourth-order valence-corrected chi connectivity index (χ4v) is 3.47. The first-order chi connectivity index (χ1) is 11.1. The highest BCUT2D eigenvalue weighted by Gasteiger charge is 2.31. The number of likely N-dealkylation sites (tertiary alicyclic amines) is 1. The number of carboxylic acids is 1. The molecule has 120 valence electrons. The normalized spacial score (nSPS) is 17.4. The number of benzene rings is 1. The molecular formula is C16H16BrN3O3. The summed E-state index contributed by atoms with van der Waals surface area (Å²) in [4.78, 5) is 25.3. The van der Waals surface area contributed by atoms with E-state index < -0.39 is 5.97 Å². The van der Waals surface area contributed by atoms with Gasteiger partial charge in [0.1, 0.15) is 6.54 Å². The van der Waals surface area contributed by atoms with Crippen molar-refractivity contribution in [2.75, 3.05) is 6.54 Å². The summed E-state index contributed by atoms with van der Waals surface area (Å²) in [5, 5.41) is 12.9. The van der Waals surface area contributed by atoms with Crippen molar-refractivity contribution in [3.63, 3.8) is 0 Å². The van der Waals surface area contributed by atoms with Gasteiger partial charge < -0.3 is 10.0 Å². The van der Waals surface area contributed by atoms with Crippen LogP contribution in [0.3, 0.4) is 0 Å². The third-order valence-corrected chi connectivity index (χ3v) is 4.74. The van der Waals surface area contributed by atoms with Gasteiger partial charge in [-0.3, -0.25) is 9.48 Å². The van der Waals surface area contributed by atoms with E-state index in [1.165, 1.54) is 17.1 Å². The van der Waals surface area contributed by atoms with Crippen LogP contribution in [-0.2, 0) is 11.3 Å². The molecule has 0 aliphatic carbocycles. The molecule has 1 amide bonds. The number of halogens is 1. The summed E-state index contributed by atoms with van der Waals surface area (Å²) in [5.41, 5.74) is 1.19. The lowest BCUT2D eigenvalue weighted by Crippen LogP contribution is -2.33. The van der Waals surface area contributed by atoms with Crippen LogP contribution in [0.5, 0.6) is 0 Å². The van der Waals surface area contributed by atoms with E-state index >= 15 is 0 Å². The molecule has 6 nitrogen and oxygen atoms in total. The Kier molecular flexibility index (Phi) is 4.47. The number of carbonyl (C=O) groups is 2. The van der Waals surface area contributed by atoms with Crippen LogP contribution in [0, 0.1) is 0 Å². The van der Waals surface area contributed by atoms with Gasteiger partial charge in [0.2, 0.25) is 5.91 Å². The zero-order chi connectivity index (χ0) is 16.4. The van der Waals surface area contributed by atoms with E-state index in [1.54, 1.807) is 0 Å². The monoisotopic (exact) mass is 377 g/mol. The van der Waals surface area contributed by atoms with E-state index in [0.29, 0.717) is 6.54 Å². The van der Waals surface area contributed by atoms with E-state index in [2.05, 4.69) is 21.0 Å². The predicted octanol–water partition coefficient (Wildman–Crippen LogP) is 2.71. The summed E-state index contributed by atoms with van der Waals surface area (Å²) >= 11 is 3.55. The molecule has 0 saturated carbocycles. The Balaban J connectivity index is 1.75. The minimum Gasteiger partial charge on any atom is -0.478 e. The van der Waals surface area contributed by atoms with Crippen LogP contribution in [0.2, 0.25) is 0 Å². The molecule has 1 aromatic heterocycles. The van der Waals surface area contributed by atoms with Gasteiger partial charge in [-0.05, 0) is 24.5 Å². The van der Waals surface area contributed by atoms with Gasteiger partial charge in [-0.1, -0.05) is 34.1 Å². The Hall–Kier alpha value is -2.15. The molecular weight excluding hydrogens is 362 g/mol. The quantitative estimate of drug-likeness (QED) is 0.888. The molecule has 1 saturated heterocycles. The van der Waals surface area contributed by atoms with Crippen LogP contribution >= 0.6 is 15.9 Å². The van der Waals surface area contributed by atoms with Crippen molar-refractivity contribution in [2.45, 2.75) is 25.4 Å². The summed E-state index contributed by atoms with van der Waals surface area (Å²) < 4.78 is 2.37. The van der Waals surface area contributed by atoms with Crippen molar-refractivity contribution >= 4 is 27.8 Å². The van der Waals surface area contributed by atoms with Crippen LogP contribution in [0.4, 0.5) is 0 Å². The number of hydrogen-bond acceptors (Lipinski definition) is 3. The Bertz CT molecular complexity index is 744. The van der Waals surface area contributed by atoms with Crippen LogP contribution in [0.25, 0.3) is 0 Å². The minimum absolute atomic E-state index is 0.0487. The number of amides is 1. The first-order valence-corrected chi connectivity index (χ1v) is 8.15. The number of nitrogens with zero attached hydrogens (tertiary/aromatic N) is 3. The number of carboxylic acid groups (broad SMARTS) is 1. The highest BCUT2D eigenvalue weighted by molar-refractivity contribution is 9.10. The Labute approximate surface area is 141 Å². The first kappa shape index (κ1) is 15.7. The van der Waals surface area contributed by atoms with Crippen molar-refractivity contribution < 1.29 is 14.7 Å². The zero-order valence-corrected chi connectivity index (χ0v) is 13.9. The van der Waals surface area contributed by atoms with Crippen molar-refractivity contribution in [3.8, 4) is 0 Å². The number of aromatic carboxylic acids is 1. The number of rotatable bonds is 4. The Morgan fingerprint density at radius 2 is 2.13 bits per heavy atom. The molecule has 7 heteroatoms. The van der Waals surface area contributed by atoms with E-state index in [0.717, 1.165) is 22.9 Å². The standard InChI is InChI=1S/C16H16BrN3O3/c17-13-5-2-1-4-12(13)14-6-3-7-20(14)15(21)10-19-9-11(8-18-19)16(22)23/h1-2,4-5,8-9,14H,3,6-7,10H2,(H,22,23). The van der Waals surface area contributed by atoms with Crippen molar-refractivity contribution in [1.82, 2.24) is 14.7 Å². The van der Waals surface area contributed by atoms with Gasteiger partial charge in [0, 0.05) is 17.2 Å². The van der Waals surface area contributed by atoms with Gasteiger partial charge in [0.25, 0.3) is 0 Å². The molecule has 1 aliphatic rings. The maximum Gasteiger partial charge on any atom is 0.338 e. The van der Waals surface area contributed by atoms with E-state index in [4.69, 9.17) is 5.11 Å². The smallest absolute Gasteiger partial charge is 0.338 e. The highest BCUT2D eigenvalue weighted by atomic mass is 79.9. The average Bonchev–Trinajstić information content (AvgIpc) is 3.16. The van der Waals surface area contributed by atoms with Gasteiger partial charge in [-0.2, -0.15) is 5.10 Å². The molecule has 2 aromatic rings. The highest BCUT2D eigenvalue weighted by Crippen LogP contribution is 2.35. The molecule has 1 fully saturated rings. The summed E-state index contributed by atoms with van der Waals surface area (Å²) in [6, 6.07) is 7.96. The zero-order valence-electron chi connectivity index (χ0n) is 12.4. The third-order valence-electron chi connectivity index (χ3n) is 4.01. The maximum atomic E-state index is 12.6. The lowest BCUT2D eigenvalue weighted by Gasteiger charge is -2.26. The van der Waals surface area contributed by atoms with Crippen molar-refractivity contribution in [3.05, 3.63) is 52.3 Å². The van der Waals surface area contributed by atoms with Crippen LogP contribution in [0.15, 0.2) is 41.1 Å². The number of carbonyl (C=O) groups excluding carboxylic acids is 1. The lowest BCUT2D eigenvalue weighted by molar-refractivity contribution is -0.133. The second-order valence-corrected chi connectivity index (χ2v) is 6.35.